The number of hydrogen-bond donors (Lipinski definition) is 2. The predicted octanol–water partition coefficient (Wildman–Crippen LogP) is 3.18. The van der Waals surface area contributed by atoms with Crippen molar-refractivity contribution in [3.8, 4) is 5.75 Å². The smallest absolute Gasteiger partial charge is 0.224 e. The molecule has 0 bridgehead atoms. The highest BCUT2D eigenvalue weighted by Crippen LogP contribution is 2.21. The van der Waals surface area contributed by atoms with Crippen LogP contribution in [0.15, 0.2) is 48.5 Å². The van der Waals surface area contributed by atoms with Gasteiger partial charge in [-0.3, -0.25) is 4.79 Å². The molecule has 134 valence electrons. The van der Waals surface area contributed by atoms with E-state index < -0.39 is 5.60 Å². The summed E-state index contributed by atoms with van der Waals surface area (Å²) in [6, 6.07) is 13.0. The first-order valence-corrected chi connectivity index (χ1v) is 8.27. The first-order valence-electron chi connectivity index (χ1n) is 8.27. The van der Waals surface area contributed by atoms with Gasteiger partial charge in [0.1, 0.15) is 17.2 Å². The molecule has 0 aliphatic rings. The summed E-state index contributed by atoms with van der Waals surface area (Å²) in [6.45, 7) is 5.47. The quantitative estimate of drug-likeness (QED) is 0.810. The van der Waals surface area contributed by atoms with E-state index in [9.17, 15) is 14.3 Å². The molecule has 2 N–H and O–H groups in total. The second-order valence-electron chi connectivity index (χ2n) is 6.51. The number of hydrogen-bond acceptors (Lipinski definition) is 3. The number of rotatable bonds is 7. The van der Waals surface area contributed by atoms with Gasteiger partial charge in [-0.05, 0) is 44.5 Å². The van der Waals surface area contributed by atoms with E-state index in [-0.39, 0.29) is 30.8 Å². The van der Waals surface area contributed by atoms with Gasteiger partial charge in [0, 0.05) is 5.56 Å². The third-order valence-electron chi connectivity index (χ3n) is 3.78. The zero-order chi connectivity index (χ0) is 18.4. The lowest BCUT2D eigenvalue weighted by molar-refractivity contribution is -0.121. The predicted molar refractivity (Wildman–Crippen MR) is 94.9 cm³/mol. The third-order valence-corrected chi connectivity index (χ3v) is 3.78. The van der Waals surface area contributed by atoms with Gasteiger partial charge in [-0.2, -0.15) is 0 Å². The average Bonchev–Trinajstić information content (AvgIpc) is 2.55. The van der Waals surface area contributed by atoms with Gasteiger partial charge in [-0.15, -0.1) is 0 Å². The Hall–Kier alpha value is -2.40. The van der Waals surface area contributed by atoms with Crippen LogP contribution in [0.1, 0.15) is 31.9 Å². The summed E-state index contributed by atoms with van der Waals surface area (Å²) in [4.78, 5) is 12.2. The third kappa shape index (κ3) is 5.57. The standard InChI is InChI=1S/C20H24FNO3/c1-14(2)25-18-7-5-4-6-15(18)12-19(23)22-13-20(3,24)16-8-10-17(21)11-9-16/h4-11,14,24H,12-13H2,1-3H3,(H,22,23). The monoisotopic (exact) mass is 345 g/mol. The molecule has 0 spiro atoms. The Morgan fingerprint density at radius 2 is 1.84 bits per heavy atom. The summed E-state index contributed by atoms with van der Waals surface area (Å²) in [5.74, 6) is 0.0884. The van der Waals surface area contributed by atoms with Crippen molar-refractivity contribution in [1.29, 1.82) is 0 Å². The number of benzene rings is 2. The molecule has 1 amide bonds. The van der Waals surface area contributed by atoms with Gasteiger partial charge in [-0.1, -0.05) is 30.3 Å². The van der Waals surface area contributed by atoms with E-state index in [2.05, 4.69) is 5.32 Å². The van der Waals surface area contributed by atoms with Crippen LogP contribution in [0.25, 0.3) is 0 Å². The minimum absolute atomic E-state index is 0.0171. The molecular formula is C20H24FNO3. The molecule has 0 aliphatic heterocycles. The molecule has 0 radical (unpaired) electrons. The number of carbonyl (C=O) groups excluding carboxylic acids is 1. The molecule has 2 rings (SSSR count). The molecule has 0 aliphatic carbocycles. The van der Waals surface area contributed by atoms with Gasteiger partial charge in [-0.25, -0.2) is 4.39 Å². The van der Waals surface area contributed by atoms with Crippen LogP contribution < -0.4 is 10.1 Å². The minimum Gasteiger partial charge on any atom is -0.491 e. The summed E-state index contributed by atoms with van der Waals surface area (Å²) in [6.07, 6.45) is 0.172. The number of carbonyl (C=O) groups is 1. The fourth-order valence-electron chi connectivity index (χ4n) is 2.44. The molecule has 1 atom stereocenters. The fourth-order valence-corrected chi connectivity index (χ4v) is 2.44. The van der Waals surface area contributed by atoms with Gasteiger partial charge < -0.3 is 15.2 Å². The highest BCUT2D eigenvalue weighted by molar-refractivity contribution is 5.79. The lowest BCUT2D eigenvalue weighted by Gasteiger charge is -2.24. The zero-order valence-corrected chi connectivity index (χ0v) is 14.8. The van der Waals surface area contributed by atoms with Crippen molar-refractivity contribution in [1.82, 2.24) is 5.32 Å². The van der Waals surface area contributed by atoms with E-state index in [4.69, 9.17) is 4.74 Å². The van der Waals surface area contributed by atoms with Crippen molar-refractivity contribution in [2.75, 3.05) is 6.54 Å². The van der Waals surface area contributed by atoms with Crippen LogP contribution in [0.4, 0.5) is 4.39 Å². The Morgan fingerprint density at radius 3 is 2.48 bits per heavy atom. The first kappa shape index (κ1) is 18.9. The fraction of sp³-hybridized carbons (Fsp3) is 0.350. The van der Waals surface area contributed by atoms with Crippen molar-refractivity contribution in [3.05, 3.63) is 65.5 Å². The summed E-state index contributed by atoms with van der Waals surface area (Å²) < 4.78 is 18.7. The lowest BCUT2D eigenvalue weighted by atomic mass is 9.96. The van der Waals surface area contributed by atoms with Gasteiger partial charge in [0.2, 0.25) is 5.91 Å². The molecule has 25 heavy (non-hydrogen) atoms. The highest BCUT2D eigenvalue weighted by Gasteiger charge is 2.24. The van der Waals surface area contributed by atoms with Crippen LogP contribution in [0, 0.1) is 5.82 Å². The highest BCUT2D eigenvalue weighted by atomic mass is 19.1. The van der Waals surface area contributed by atoms with Crippen LogP contribution in [0.3, 0.4) is 0 Å². The lowest BCUT2D eigenvalue weighted by Crippen LogP contribution is -2.39. The largest absolute Gasteiger partial charge is 0.491 e. The number of amides is 1. The van der Waals surface area contributed by atoms with Crippen LogP contribution in [-0.2, 0) is 16.8 Å². The van der Waals surface area contributed by atoms with Gasteiger partial charge in [0.25, 0.3) is 0 Å². The summed E-state index contributed by atoms with van der Waals surface area (Å²) >= 11 is 0. The minimum atomic E-state index is -1.28. The maximum atomic E-state index is 13.0. The van der Waals surface area contributed by atoms with Crippen LogP contribution in [0.2, 0.25) is 0 Å². The Balaban J connectivity index is 1.98. The molecule has 0 aromatic heterocycles. The van der Waals surface area contributed by atoms with Crippen molar-refractivity contribution in [2.45, 2.75) is 38.9 Å². The molecule has 0 saturated heterocycles. The van der Waals surface area contributed by atoms with Crippen LogP contribution in [-0.4, -0.2) is 23.7 Å². The Morgan fingerprint density at radius 1 is 1.20 bits per heavy atom. The Kier molecular flexibility index (Phi) is 6.15. The van der Waals surface area contributed by atoms with E-state index in [1.807, 2.05) is 38.1 Å². The van der Waals surface area contributed by atoms with Gasteiger partial charge >= 0.3 is 0 Å². The molecule has 0 heterocycles. The Bertz CT molecular complexity index is 711. The number of para-hydroxylation sites is 1. The number of aliphatic hydroxyl groups is 1. The van der Waals surface area contributed by atoms with E-state index in [0.717, 1.165) is 5.56 Å². The zero-order valence-electron chi connectivity index (χ0n) is 14.8. The van der Waals surface area contributed by atoms with Crippen molar-refractivity contribution >= 4 is 5.91 Å². The maximum Gasteiger partial charge on any atom is 0.224 e. The van der Waals surface area contributed by atoms with E-state index in [1.165, 1.54) is 24.3 Å². The molecule has 2 aromatic carbocycles. The van der Waals surface area contributed by atoms with Crippen LogP contribution in [0.5, 0.6) is 5.75 Å². The SMILES string of the molecule is CC(C)Oc1ccccc1CC(=O)NCC(C)(O)c1ccc(F)cc1. The normalized spacial score (nSPS) is 13.4. The van der Waals surface area contributed by atoms with E-state index in [1.54, 1.807) is 6.92 Å². The molecule has 4 nitrogen and oxygen atoms in total. The second kappa shape index (κ2) is 8.12. The van der Waals surface area contributed by atoms with Crippen molar-refractivity contribution < 1.29 is 19.0 Å². The van der Waals surface area contributed by atoms with Gasteiger partial charge in [0.15, 0.2) is 0 Å². The number of nitrogens with one attached hydrogen (secondary N) is 1. The maximum absolute atomic E-state index is 13.0. The van der Waals surface area contributed by atoms with Crippen molar-refractivity contribution in [3.63, 3.8) is 0 Å². The molecule has 0 fully saturated rings. The molecule has 1 unspecified atom stereocenters. The van der Waals surface area contributed by atoms with Crippen LogP contribution >= 0.6 is 0 Å². The summed E-state index contributed by atoms with van der Waals surface area (Å²) in [7, 11) is 0. The molecule has 2 aromatic rings. The second-order valence-corrected chi connectivity index (χ2v) is 6.51. The number of ether oxygens (including phenoxy) is 1. The van der Waals surface area contributed by atoms with Crippen molar-refractivity contribution in [2.24, 2.45) is 0 Å². The summed E-state index contributed by atoms with van der Waals surface area (Å²) in [5.41, 5.74) is 0.0463. The first-order chi connectivity index (χ1) is 11.8. The topological polar surface area (TPSA) is 58.6 Å². The molecule has 0 saturated carbocycles. The molecule has 5 heteroatoms. The van der Waals surface area contributed by atoms with E-state index >= 15 is 0 Å². The Labute approximate surface area is 147 Å². The average molecular weight is 345 g/mol. The van der Waals surface area contributed by atoms with Gasteiger partial charge in [0.05, 0.1) is 19.1 Å². The number of halogens is 1. The summed E-state index contributed by atoms with van der Waals surface area (Å²) in [5, 5.41) is 13.2. The molecular weight excluding hydrogens is 321 g/mol. The van der Waals surface area contributed by atoms with E-state index in [0.29, 0.717) is 11.3 Å².